The summed E-state index contributed by atoms with van der Waals surface area (Å²) < 4.78 is 23.3. The maximum absolute atomic E-state index is 13.3. The van der Waals surface area contributed by atoms with Crippen molar-refractivity contribution in [2.24, 2.45) is 0 Å². The number of hydrogen-bond donors (Lipinski definition) is 1. The third-order valence-corrected chi connectivity index (χ3v) is 2.40. The van der Waals surface area contributed by atoms with Gasteiger partial charge in [0.25, 0.3) is 0 Å². The van der Waals surface area contributed by atoms with Crippen molar-refractivity contribution in [3.8, 4) is 11.5 Å². The third kappa shape index (κ3) is 2.16. The smallest absolute Gasteiger partial charge is 0.168 e. The van der Waals surface area contributed by atoms with Gasteiger partial charge in [-0.15, -0.1) is 0 Å². The molecule has 1 unspecified atom stereocenters. The first-order valence-corrected chi connectivity index (χ1v) is 4.68. The van der Waals surface area contributed by atoms with Crippen LogP contribution in [0.25, 0.3) is 0 Å². The fraction of sp³-hybridized carbons (Fsp3) is 0.400. The number of ether oxygens (including phenoxy) is 2. The third-order valence-electron chi connectivity index (χ3n) is 2.01. The highest BCUT2D eigenvalue weighted by atomic mass is 35.5. The zero-order valence-electron chi connectivity index (χ0n) is 8.67. The quantitative estimate of drug-likeness (QED) is 0.874. The highest BCUT2D eigenvalue weighted by molar-refractivity contribution is 6.31. The van der Waals surface area contributed by atoms with E-state index < -0.39 is 11.9 Å². The molecule has 0 fully saturated rings. The van der Waals surface area contributed by atoms with Crippen LogP contribution in [0.3, 0.4) is 0 Å². The summed E-state index contributed by atoms with van der Waals surface area (Å²) in [5.74, 6) is -0.195. The van der Waals surface area contributed by atoms with E-state index in [1.54, 1.807) is 0 Å². The number of hydrogen-bond acceptors (Lipinski definition) is 3. The van der Waals surface area contributed by atoms with Crippen molar-refractivity contribution in [1.29, 1.82) is 0 Å². The average Bonchev–Trinajstić information content (AvgIpc) is 2.20. The van der Waals surface area contributed by atoms with Crippen LogP contribution in [0.2, 0.25) is 5.02 Å². The van der Waals surface area contributed by atoms with Crippen LogP contribution in [0.4, 0.5) is 4.39 Å². The Hall–Kier alpha value is -1.00. The first-order valence-electron chi connectivity index (χ1n) is 4.30. The number of aliphatic hydroxyl groups is 1. The number of rotatable bonds is 3. The number of methoxy groups -OCH3 is 2. The van der Waals surface area contributed by atoms with E-state index in [0.717, 1.165) is 6.07 Å². The fourth-order valence-electron chi connectivity index (χ4n) is 1.34. The van der Waals surface area contributed by atoms with E-state index in [-0.39, 0.29) is 22.1 Å². The highest BCUT2D eigenvalue weighted by Gasteiger charge is 2.21. The summed E-state index contributed by atoms with van der Waals surface area (Å²) in [5, 5.41) is 9.32. The average molecular weight is 235 g/mol. The van der Waals surface area contributed by atoms with E-state index in [1.807, 2.05) is 0 Å². The van der Waals surface area contributed by atoms with Crippen molar-refractivity contribution in [3.05, 3.63) is 22.5 Å². The molecule has 1 N–H and O–H groups in total. The Morgan fingerprint density at radius 1 is 1.40 bits per heavy atom. The Bertz CT molecular complexity index is 366. The first-order chi connectivity index (χ1) is 7.02. The van der Waals surface area contributed by atoms with Gasteiger partial charge in [0.15, 0.2) is 11.5 Å². The molecule has 0 heterocycles. The minimum atomic E-state index is -0.933. The van der Waals surface area contributed by atoms with Crippen molar-refractivity contribution in [2.75, 3.05) is 14.2 Å². The highest BCUT2D eigenvalue weighted by Crippen LogP contribution is 2.41. The summed E-state index contributed by atoms with van der Waals surface area (Å²) in [7, 11) is 2.79. The van der Waals surface area contributed by atoms with Gasteiger partial charge in [0.05, 0.1) is 25.3 Å². The monoisotopic (exact) mass is 234 g/mol. The largest absolute Gasteiger partial charge is 0.493 e. The summed E-state index contributed by atoms with van der Waals surface area (Å²) >= 11 is 5.73. The predicted octanol–water partition coefficient (Wildman–Crippen LogP) is 2.55. The van der Waals surface area contributed by atoms with E-state index in [2.05, 4.69) is 0 Å². The molecule has 0 aliphatic heterocycles. The maximum atomic E-state index is 13.3. The van der Waals surface area contributed by atoms with Crippen molar-refractivity contribution >= 4 is 11.6 Å². The lowest BCUT2D eigenvalue weighted by Gasteiger charge is -2.16. The Morgan fingerprint density at radius 3 is 2.40 bits per heavy atom. The Kier molecular flexibility index (Phi) is 3.77. The maximum Gasteiger partial charge on any atom is 0.168 e. The molecule has 0 spiro atoms. The second-order valence-corrected chi connectivity index (χ2v) is 3.38. The fourth-order valence-corrected chi connectivity index (χ4v) is 1.64. The van der Waals surface area contributed by atoms with Crippen molar-refractivity contribution in [2.45, 2.75) is 13.0 Å². The van der Waals surface area contributed by atoms with Gasteiger partial charge >= 0.3 is 0 Å². The van der Waals surface area contributed by atoms with Gasteiger partial charge in [-0.25, -0.2) is 4.39 Å². The molecule has 84 valence electrons. The van der Waals surface area contributed by atoms with Gasteiger partial charge in [0, 0.05) is 11.6 Å². The molecule has 1 aromatic rings. The summed E-state index contributed by atoms with van der Waals surface area (Å²) in [6.45, 7) is 1.47. The molecule has 0 radical (unpaired) electrons. The summed E-state index contributed by atoms with van der Waals surface area (Å²) in [5.41, 5.74) is 0.191. The van der Waals surface area contributed by atoms with Crippen molar-refractivity contribution in [3.63, 3.8) is 0 Å². The molecular weight excluding hydrogens is 223 g/mol. The van der Waals surface area contributed by atoms with Gasteiger partial charge in [0.2, 0.25) is 0 Å². The van der Waals surface area contributed by atoms with Crippen LogP contribution >= 0.6 is 11.6 Å². The molecular formula is C10H12ClFO3. The zero-order valence-corrected chi connectivity index (χ0v) is 9.43. The van der Waals surface area contributed by atoms with Crippen LogP contribution in [0.5, 0.6) is 11.5 Å². The molecule has 0 saturated heterocycles. The Balaban J connectivity index is 3.49. The predicted molar refractivity (Wildman–Crippen MR) is 55.1 cm³/mol. The van der Waals surface area contributed by atoms with E-state index in [4.69, 9.17) is 21.1 Å². The van der Waals surface area contributed by atoms with Gasteiger partial charge in [-0.1, -0.05) is 11.6 Å². The first kappa shape index (κ1) is 12.1. The van der Waals surface area contributed by atoms with Gasteiger partial charge in [-0.2, -0.15) is 0 Å². The van der Waals surface area contributed by atoms with Gasteiger partial charge in [-0.05, 0) is 6.92 Å². The summed E-state index contributed by atoms with van der Waals surface area (Å²) in [4.78, 5) is 0. The zero-order chi connectivity index (χ0) is 11.6. The molecule has 0 amide bonds. The molecule has 0 aliphatic carbocycles. The second kappa shape index (κ2) is 4.68. The van der Waals surface area contributed by atoms with Crippen LogP contribution in [-0.4, -0.2) is 19.3 Å². The van der Waals surface area contributed by atoms with Gasteiger partial charge < -0.3 is 14.6 Å². The lowest BCUT2D eigenvalue weighted by molar-refractivity contribution is 0.192. The molecule has 1 rings (SSSR count). The molecule has 0 aliphatic rings. The number of aliphatic hydroxyl groups excluding tert-OH is 1. The molecule has 0 aromatic heterocycles. The van der Waals surface area contributed by atoms with E-state index >= 15 is 0 Å². The molecule has 0 bridgehead atoms. The molecule has 15 heavy (non-hydrogen) atoms. The molecule has 1 aromatic carbocycles. The van der Waals surface area contributed by atoms with Crippen molar-refractivity contribution in [1.82, 2.24) is 0 Å². The van der Waals surface area contributed by atoms with E-state index in [1.165, 1.54) is 21.1 Å². The van der Waals surface area contributed by atoms with Crippen LogP contribution in [0.1, 0.15) is 18.6 Å². The standard InChI is InChI=1S/C10H12ClFO3/c1-5(13)8-9(11)6(12)4-7(14-2)10(8)15-3/h4-5,13H,1-3H3. The molecule has 3 nitrogen and oxygen atoms in total. The summed E-state index contributed by atoms with van der Waals surface area (Å²) in [6.07, 6.45) is -0.933. The van der Waals surface area contributed by atoms with Gasteiger partial charge in [-0.3, -0.25) is 0 Å². The number of halogens is 2. The lowest BCUT2D eigenvalue weighted by atomic mass is 10.1. The normalized spacial score (nSPS) is 12.4. The van der Waals surface area contributed by atoms with E-state index in [0.29, 0.717) is 0 Å². The second-order valence-electron chi connectivity index (χ2n) is 3.00. The van der Waals surface area contributed by atoms with Crippen molar-refractivity contribution < 1.29 is 19.0 Å². The molecule has 0 saturated carbocycles. The van der Waals surface area contributed by atoms with E-state index in [9.17, 15) is 9.50 Å². The van der Waals surface area contributed by atoms with Crippen LogP contribution < -0.4 is 9.47 Å². The van der Waals surface area contributed by atoms with Crippen LogP contribution in [-0.2, 0) is 0 Å². The topological polar surface area (TPSA) is 38.7 Å². The lowest BCUT2D eigenvalue weighted by Crippen LogP contribution is -2.02. The van der Waals surface area contributed by atoms with Crippen LogP contribution in [0.15, 0.2) is 6.07 Å². The van der Waals surface area contributed by atoms with Gasteiger partial charge in [0.1, 0.15) is 5.82 Å². The Morgan fingerprint density at radius 2 is 2.00 bits per heavy atom. The minimum Gasteiger partial charge on any atom is -0.493 e. The molecule has 5 heteroatoms. The molecule has 1 atom stereocenters. The summed E-state index contributed by atoms with van der Waals surface area (Å²) in [6, 6.07) is 1.12. The minimum absolute atomic E-state index is 0.150. The van der Waals surface area contributed by atoms with Crippen LogP contribution in [0, 0.1) is 5.82 Å². The number of benzene rings is 1. The SMILES string of the molecule is COc1cc(F)c(Cl)c(C(C)O)c1OC. The Labute approximate surface area is 92.4 Å².